The molecule has 0 heterocycles. The molecular weight excluding hydrogens is 302 g/mol. The minimum atomic E-state index is -0.297. The number of hydrogen-bond acceptors (Lipinski definition) is 3. The summed E-state index contributed by atoms with van der Waals surface area (Å²) in [7, 11) is 0. The van der Waals surface area contributed by atoms with Gasteiger partial charge in [0.15, 0.2) is 6.29 Å². The van der Waals surface area contributed by atoms with E-state index in [1.165, 1.54) is 12.8 Å². The summed E-state index contributed by atoms with van der Waals surface area (Å²) in [4.78, 5) is 20.7. The number of hydrogen-bond donors (Lipinski definition) is 0. The SMILES string of the molecule is CCCCC/C=C/C/C(=C/C/C=C/C/C=C/CCC[C]=O)[N+](=O)[O-]. The molecule has 0 saturated heterocycles. The van der Waals surface area contributed by atoms with Gasteiger partial charge in [-0.25, -0.2) is 0 Å². The van der Waals surface area contributed by atoms with Crippen LogP contribution < -0.4 is 0 Å². The molecule has 0 rings (SSSR count). The van der Waals surface area contributed by atoms with Crippen molar-refractivity contribution < 1.29 is 9.72 Å². The molecule has 0 aliphatic heterocycles. The first-order valence-electron chi connectivity index (χ1n) is 8.85. The zero-order valence-electron chi connectivity index (χ0n) is 14.8. The molecule has 0 aliphatic rings. The molecule has 24 heavy (non-hydrogen) atoms. The second kappa shape index (κ2) is 17.4. The molecule has 0 unspecified atom stereocenters. The molecule has 0 saturated carbocycles. The smallest absolute Gasteiger partial charge is 0.246 e. The van der Waals surface area contributed by atoms with Crippen LogP contribution in [0.4, 0.5) is 0 Å². The molecule has 0 aliphatic carbocycles. The number of rotatable bonds is 15. The molecule has 0 atom stereocenters. The third-order valence-electron chi connectivity index (χ3n) is 3.45. The third-order valence-corrected chi connectivity index (χ3v) is 3.45. The number of nitro groups is 1. The van der Waals surface area contributed by atoms with Gasteiger partial charge in [0.05, 0.1) is 11.3 Å². The Morgan fingerprint density at radius 1 is 0.958 bits per heavy atom. The summed E-state index contributed by atoms with van der Waals surface area (Å²) in [5.74, 6) is 0. The largest absolute Gasteiger partial charge is 0.291 e. The molecule has 0 fully saturated rings. The quantitative estimate of drug-likeness (QED) is 0.164. The van der Waals surface area contributed by atoms with Crippen molar-refractivity contribution in [2.24, 2.45) is 0 Å². The van der Waals surface area contributed by atoms with Crippen LogP contribution in [-0.2, 0) is 4.79 Å². The minimum Gasteiger partial charge on any atom is -0.291 e. The van der Waals surface area contributed by atoms with Crippen LogP contribution in [0.2, 0.25) is 0 Å². The lowest BCUT2D eigenvalue weighted by atomic mass is 10.1. The minimum absolute atomic E-state index is 0.257. The Labute approximate surface area is 146 Å². The van der Waals surface area contributed by atoms with E-state index < -0.39 is 0 Å². The van der Waals surface area contributed by atoms with Crippen molar-refractivity contribution in [3.63, 3.8) is 0 Å². The average molecular weight is 332 g/mol. The fourth-order valence-corrected chi connectivity index (χ4v) is 2.05. The summed E-state index contributed by atoms with van der Waals surface area (Å²) in [6.07, 6.45) is 24.0. The summed E-state index contributed by atoms with van der Waals surface area (Å²) in [6.45, 7) is 2.16. The van der Waals surface area contributed by atoms with Crippen LogP contribution in [0.15, 0.2) is 48.2 Å². The van der Waals surface area contributed by atoms with Crippen molar-refractivity contribution in [1.29, 1.82) is 0 Å². The van der Waals surface area contributed by atoms with Gasteiger partial charge in [0, 0.05) is 6.42 Å². The van der Waals surface area contributed by atoms with E-state index in [1.54, 1.807) is 6.08 Å². The van der Waals surface area contributed by atoms with Gasteiger partial charge in [-0.3, -0.25) is 14.9 Å². The van der Waals surface area contributed by atoms with E-state index >= 15 is 0 Å². The van der Waals surface area contributed by atoms with Crippen molar-refractivity contribution in [3.8, 4) is 0 Å². The Hall–Kier alpha value is -1.97. The maximum absolute atomic E-state index is 11.0. The molecule has 1 radical (unpaired) electrons. The molecule has 4 nitrogen and oxygen atoms in total. The highest BCUT2D eigenvalue weighted by atomic mass is 16.6. The molecule has 0 N–H and O–H groups in total. The summed E-state index contributed by atoms with van der Waals surface area (Å²) in [5, 5.41) is 11.0. The van der Waals surface area contributed by atoms with Gasteiger partial charge >= 0.3 is 0 Å². The Kier molecular flexibility index (Phi) is 16.0. The maximum Gasteiger partial charge on any atom is 0.246 e. The predicted octanol–water partition coefficient (Wildman–Crippen LogP) is 5.85. The third kappa shape index (κ3) is 14.9. The van der Waals surface area contributed by atoms with Gasteiger partial charge in [0.25, 0.3) is 0 Å². The molecule has 0 spiro atoms. The Morgan fingerprint density at radius 3 is 2.33 bits per heavy atom. The zero-order valence-corrected chi connectivity index (χ0v) is 14.8. The van der Waals surface area contributed by atoms with Gasteiger partial charge < -0.3 is 0 Å². The van der Waals surface area contributed by atoms with Gasteiger partial charge in [-0.1, -0.05) is 56.2 Å². The molecule has 0 amide bonds. The summed E-state index contributed by atoms with van der Waals surface area (Å²) in [6, 6.07) is 0. The highest BCUT2D eigenvalue weighted by molar-refractivity contribution is 5.50. The second-order valence-corrected chi connectivity index (χ2v) is 5.57. The van der Waals surface area contributed by atoms with Gasteiger partial charge in [-0.15, -0.1) is 0 Å². The van der Waals surface area contributed by atoms with Crippen LogP contribution in [0.25, 0.3) is 0 Å². The van der Waals surface area contributed by atoms with Crippen molar-refractivity contribution in [2.45, 2.75) is 71.1 Å². The first-order valence-corrected chi connectivity index (χ1v) is 8.85. The van der Waals surface area contributed by atoms with Crippen molar-refractivity contribution in [1.82, 2.24) is 0 Å². The van der Waals surface area contributed by atoms with E-state index in [0.29, 0.717) is 19.3 Å². The topological polar surface area (TPSA) is 60.2 Å². The van der Waals surface area contributed by atoms with Crippen LogP contribution in [0.3, 0.4) is 0 Å². The molecule has 4 heteroatoms. The van der Waals surface area contributed by atoms with Crippen LogP contribution in [0, 0.1) is 10.1 Å². The predicted molar refractivity (Wildman–Crippen MR) is 100 cm³/mol. The van der Waals surface area contributed by atoms with Crippen LogP contribution in [0.5, 0.6) is 0 Å². The lowest BCUT2D eigenvalue weighted by Gasteiger charge is -1.94. The number of carbonyl (C=O) groups excluding carboxylic acids is 1. The monoisotopic (exact) mass is 332 g/mol. The number of nitrogens with zero attached hydrogens (tertiary/aromatic N) is 1. The van der Waals surface area contributed by atoms with E-state index in [-0.39, 0.29) is 10.6 Å². The van der Waals surface area contributed by atoms with Gasteiger partial charge in [0.1, 0.15) is 0 Å². The van der Waals surface area contributed by atoms with E-state index in [4.69, 9.17) is 0 Å². The van der Waals surface area contributed by atoms with Crippen molar-refractivity contribution in [2.75, 3.05) is 0 Å². The second-order valence-electron chi connectivity index (χ2n) is 5.57. The number of unbranched alkanes of at least 4 members (excludes halogenated alkanes) is 5. The standard InChI is InChI=1S/C20H30NO3/c1-2-3-4-5-11-14-17-20(21(23)24)18-15-12-9-7-6-8-10-13-16-19-22/h6,8-9,11-12,14,18H,2-5,7,10,13,15-17H2,1H3/b8-6+,12-9+,14-11+,20-18-. The lowest BCUT2D eigenvalue weighted by molar-refractivity contribution is -0.427. The maximum atomic E-state index is 11.0. The fourth-order valence-electron chi connectivity index (χ4n) is 2.05. The van der Waals surface area contributed by atoms with Gasteiger partial charge in [0.2, 0.25) is 5.70 Å². The van der Waals surface area contributed by atoms with E-state index in [1.807, 2.05) is 42.7 Å². The van der Waals surface area contributed by atoms with Crippen LogP contribution in [-0.4, -0.2) is 11.2 Å². The Balaban J connectivity index is 4.00. The van der Waals surface area contributed by atoms with E-state index in [2.05, 4.69) is 6.92 Å². The van der Waals surface area contributed by atoms with E-state index in [9.17, 15) is 14.9 Å². The summed E-state index contributed by atoms with van der Waals surface area (Å²) >= 11 is 0. The molecular formula is C20H30NO3. The first-order chi connectivity index (χ1) is 11.7. The summed E-state index contributed by atoms with van der Waals surface area (Å²) < 4.78 is 0. The molecule has 0 aromatic carbocycles. The zero-order chi connectivity index (χ0) is 17.9. The first kappa shape index (κ1) is 22.0. The summed E-state index contributed by atoms with van der Waals surface area (Å²) in [5.41, 5.74) is 0.257. The highest BCUT2D eigenvalue weighted by Crippen LogP contribution is 2.08. The van der Waals surface area contributed by atoms with Crippen molar-refractivity contribution in [3.05, 3.63) is 58.3 Å². The Bertz CT molecular complexity index is 448. The fraction of sp³-hybridized carbons (Fsp3) is 0.550. The van der Waals surface area contributed by atoms with Crippen molar-refractivity contribution >= 4 is 6.29 Å². The average Bonchev–Trinajstić information content (AvgIpc) is 2.57. The molecule has 133 valence electrons. The van der Waals surface area contributed by atoms with Gasteiger partial charge in [-0.05, 0) is 44.6 Å². The van der Waals surface area contributed by atoms with Gasteiger partial charge in [-0.2, -0.15) is 0 Å². The molecule has 0 bridgehead atoms. The van der Waals surface area contributed by atoms with Crippen LogP contribution >= 0.6 is 0 Å². The number of allylic oxidation sites excluding steroid dienone is 7. The van der Waals surface area contributed by atoms with E-state index in [0.717, 1.165) is 32.1 Å². The highest BCUT2D eigenvalue weighted by Gasteiger charge is 2.06. The molecule has 0 aromatic heterocycles. The normalized spacial score (nSPS) is 12.6. The lowest BCUT2D eigenvalue weighted by Crippen LogP contribution is -1.97. The molecule has 0 aromatic rings. The van der Waals surface area contributed by atoms with Crippen LogP contribution in [0.1, 0.15) is 71.1 Å². The Morgan fingerprint density at radius 2 is 1.62 bits per heavy atom.